The summed E-state index contributed by atoms with van der Waals surface area (Å²) in [5.74, 6) is -1.19. The summed E-state index contributed by atoms with van der Waals surface area (Å²) in [6.07, 6.45) is 0.0948. The number of fused-ring (bicyclic) bond motifs is 9. The highest BCUT2D eigenvalue weighted by atomic mass is 31.2. The van der Waals surface area contributed by atoms with E-state index in [0.717, 1.165) is 10.5 Å². The molecule has 2 aliphatic rings. The molecule has 3 heterocycles. The van der Waals surface area contributed by atoms with Crippen molar-refractivity contribution in [3.8, 4) is 16.9 Å². The van der Waals surface area contributed by atoms with Gasteiger partial charge in [-0.2, -0.15) is 8.78 Å². The Bertz CT molecular complexity index is 1850. The third-order valence-corrected chi connectivity index (χ3v) is 10.3. The van der Waals surface area contributed by atoms with Gasteiger partial charge in [0.1, 0.15) is 17.4 Å². The molecule has 3 aromatic carbocycles. The Morgan fingerprint density at radius 2 is 1.90 bits per heavy atom. The molecule has 0 spiro atoms. The predicted octanol–water partition coefficient (Wildman–Crippen LogP) is 7.56. The Balaban J connectivity index is 1.56. The molecule has 1 amide bonds. The van der Waals surface area contributed by atoms with Crippen LogP contribution in [0.25, 0.3) is 22.2 Å². The number of halogens is 3. The number of hydrogen-bond donors (Lipinski definition) is 0. The Labute approximate surface area is 234 Å². The molecule has 6 rings (SSSR count). The van der Waals surface area contributed by atoms with E-state index in [2.05, 4.69) is 0 Å². The minimum absolute atomic E-state index is 0.0304. The zero-order valence-electron chi connectivity index (χ0n) is 25.3. The van der Waals surface area contributed by atoms with Crippen molar-refractivity contribution >= 4 is 24.1 Å². The molecule has 0 N–H and O–H groups in total. The minimum atomic E-state index is -3.16. The Morgan fingerprint density at radius 3 is 2.60 bits per heavy atom. The van der Waals surface area contributed by atoms with Gasteiger partial charge in [-0.1, -0.05) is 25.1 Å². The summed E-state index contributed by atoms with van der Waals surface area (Å²) < 4.78 is 86.1. The smallest absolute Gasteiger partial charge is 0.387 e. The number of rotatable bonds is 5. The third kappa shape index (κ3) is 4.05. The highest BCUT2D eigenvalue weighted by Gasteiger charge is 2.45. The van der Waals surface area contributed by atoms with Crippen LogP contribution in [0.15, 0.2) is 48.5 Å². The number of nitrogens with zero attached hydrogens (tertiary/aromatic N) is 3. The lowest BCUT2D eigenvalue weighted by Crippen LogP contribution is -2.30. The minimum Gasteiger partial charge on any atom is -0.434 e. The normalized spacial score (nSPS) is 20.6. The van der Waals surface area contributed by atoms with Crippen LogP contribution in [0.2, 0.25) is 0 Å². The van der Waals surface area contributed by atoms with Gasteiger partial charge in [-0.05, 0) is 72.8 Å². The van der Waals surface area contributed by atoms with Gasteiger partial charge in [0, 0.05) is 34.3 Å². The number of carbonyl (C=O) groups excluding carboxylic acids is 1. The number of aryl methyl sites for hydroxylation is 1. The van der Waals surface area contributed by atoms with E-state index in [1.807, 2.05) is 6.92 Å². The fourth-order valence-electron chi connectivity index (χ4n) is 5.95. The molecular weight excluding hydrogens is 538 g/mol. The van der Waals surface area contributed by atoms with E-state index in [-0.39, 0.29) is 23.3 Å². The largest absolute Gasteiger partial charge is 0.434 e. The topological polar surface area (TPSA) is 64.4 Å². The first-order valence-corrected chi connectivity index (χ1v) is 15.5. The predicted molar refractivity (Wildman–Crippen MR) is 148 cm³/mol. The van der Waals surface area contributed by atoms with Crippen LogP contribution in [-0.2, 0) is 4.57 Å². The van der Waals surface area contributed by atoms with Crippen LogP contribution >= 0.6 is 7.14 Å². The number of hydrogen-bond acceptors (Lipinski definition) is 4. The van der Waals surface area contributed by atoms with Gasteiger partial charge in [-0.25, -0.2) is 9.37 Å². The van der Waals surface area contributed by atoms with E-state index in [0.29, 0.717) is 33.5 Å². The molecule has 0 radical (unpaired) electrons. The van der Waals surface area contributed by atoms with Crippen molar-refractivity contribution in [1.29, 1.82) is 0 Å². The maximum absolute atomic E-state index is 15.4. The first-order chi connectivity index (χ1) is 20.1. The van der Waals surface area contributed by atoms with Gasteiger partial charge in [-0.3, -0.25) is 4.79 Å². The summed E-state index contributed by atoms with van der Waals surface area (Å²) in [5, 5.41) is 0. The number of carbonyl (C=O) groups is 1. The molecule has 2 aliphatic heterocycles. The number of amides is 1. The van der Waals surface area contributed by atoms with Crippen molar-refractivity contribution in [3.05, 3.63) is 82.4 Å². The van der Waals surface area contributed by atoms with Crippen molar-refractivity contribution in [2.24, 2.45) is 0 Å². The molecule has 0 aliphatic carbocycles. The summed E-state index contributed by atoms with van der Waals surface area (Å²) >= 11 is 0. The molecule has 208 valence electrons. The second-order valence-corrected chi connectivity index (χ2v) is 14.5. The molecular formula is C30H29F3N3O3P. The number of aromatic nitrogens is 2. The Hall–Kier alpha value is -3.58. The van der Waals surface area contributed by atoms with E-state index in [4.69, 9.17) is 13.8 Å². The summed E-state index contributed by atoms with van der Waals surface area (Å²) in [4.78, 5) is 19.1. The van der Waals surface area contributed by atoms with Crippen LogP contribution < -0.4 is 4.74 Å². The zero-order valence-corrected chi connectivity index (χ0v) is 23.2. The van der Waals surface area contributed by atoms with Crippen LogP contribution in [-0.4, -0.2) is 47.3 Å². The van der Waals surface area contributed by atoms with Crippen molar-refractivity contribution in [2.45, 2.75) is 44.6 Å². The molecule has 6 nitrogen and oxygen atoms in total. The average molecular weight is 571 g/mol. The van der Waals surface area contributed by atoms with Gasteiger partial charge in [0.05, 0.1) is 30.3 Å². The second kappa shape index (κ2) is 9.23. The van der Waals surface area contributed by atoms with Gasteiger partial charge >= 0.3 is 6.61 Å². The fourth-order valence-corrected chi connectivity index (χ4v) is 6.81. The highest BCUT2D eigenvalue weighted by molar-refractivity contribution is 7.62. The first kappa shape index (κ1) is 23.2. The summed E-state index contributed by atoms with van der Waals surface area (Å²) in [6.45, 7) is 0.850. The third-order valence-electron chi connectivity index (χ3n) is 8.19. The molecule has 0 saturated carbocycles. The van der Waals surface area contributed by atoms with Crippen molar-refractivity contribution in [2.75, 3.05) is 20.3 Å². The van der Waals surface area contributed by atoms with Crippen LogP contribution in [0.1, 0.15) is 68.1 Å². The lowest BCUT2D eigenvalue weighted by molar-refractivity contribution is -0.0507. The maximum Gasteiger partial charge on any atom is 0.387 e. The van der Waals surface area contributed by atoms with Crippen LogP contribution in [0.5, 0.6) is 5.75 Å². The molecule has 1 unspecified atom stereocenters. The van der Waals surface area contributed by atoms with Gasteiger partial charge in [0.25, 0.3) is 5.91 Å². The van der Waals surface area contributed by atoms with Crippen molar-refractivity contribution in [3.63, 3.8) is 0 Å². The number of ether oxygens (including phenoxy) is 1. The molecule has 40 heavy (non-hydrogen) atoms. The highest BCUT2D eigenvalue weighted by Crippen LogP contribution is 2.54. The monoisotopic (exact) mass is 570 g/mol. The molecule has 1 aromatic heterocycles. The Morgan fingerprint density at radius 1 is 1.12 bits per heavy atom. The van der Waals surface area contributed by atoms with E-state index < -0.39 is 50.2 Å². The molecule has 10 heteroatoms. The van der Waals surface area contributed by atoms with E-state index >= 15 is 4.39 Å². The first-order valence-electron chi connectivity index (χ1n) is 14.4. The summed E-state index contributed by atoms with van der Waals surface area (Å²) in [5.41, 5.74) is 3.15. The average Bonchev–Trinajstić information content (AvgIpc) is 3.40. The van der Waals surface area contributed by atoms with Gasteiger partial charge in [0.15, 0.2) is 0 Å². The molecule has 4 aromatic rings. The van der Waals surface area contributed by atoms with E-state index in [9.17, 15) is 18.1 Å². The number of alkyl halides is 2. The van der Waals surface area contributed by atoms with Crippen LogP contribution in [0, 0.1) is 12.7 Å². The van der Waals surface area contributed by atoms with Crippen LogP contribution in [0.3, 0.4) is 0 Å². The second-order valence-electron chi connectivity index (χ2n) is 10.9. The van der Waals surface area contributed by atoms with Gasteiger partial charge in [0.2, 0.25) is 0 Å². The summed E-state index contributed by atoms with van der Waals surface area (Å²) in [7, 11) is -2.60. The quantitative estimate of drug-likeness (QED) is 0.232. The molecule has 3 atom stereocenters. The fraction of sp³-hybridized carbons (Fsp3) is 0.333. The lowest BCUT2D eigenvalue weighted by Gasteiger charge is -2.24. The lowest BCUT2D eigenvalue weighted by atomic mass is 9.96. The standard InChI is InChI=1S/C30H29F3N3O3P/c1-15-11-20(16(2)40(4,5)38)21(31)13-19(15)17-9-10-22-23(12-17)36-24-14-25(28(36)34-22)35(3)29(37)18-7-6-8-26(27(18)24)39-30(32)33/h6-13,16,24-25,30H,14H2,1-5H3/t16?,24-,25-/m1/s1/i3D3. The van der Waals surface area contributed by atoms with E-state index in [1.165, 1.54) is 24.3 Å². The van der Waals surface area contributed by atoms with Gasteiger partial charge < -0.3 is 18.8 Å². The van der Waals surface area contributed by atoms with Crippen molar-refractivity contribution < 1.29 is 31.4 Å². The maximum atomic E-state index is 15.4. The zero-order chi connectivity index (χ0) is 31.2. The SMILES string of the molecule is [2H]C([2H])([2H])N1C(=O)c2cccc(OC(F)F)c2[C@H]2C[C@@H]1c1nc3ccc(-c4cc(F)c(C(C)P(C)(C)=O)cc4C)cc3n12. The molecule has 2 bridgehead atoms. The summed E-state index contributed by atoms with van der Waals surface area (Å²) in [6, 6.07) is 10.9. The van der Waals surface area contributed by atoms with Crippen LogP contribution in [0.4, 0.5) is 13.2 Å². The number of benzene rings is 3. The van der Waals surface area contributed by atoms with Gasteiger partial charge in [-0.15, -0.1) is 0 Å². The Kier molecular flexibility index (Phi) is 5.34. The molecule has 0 fully saturated rings. The van der Waals surface area contributed by atoms with Crippen molar-refractivity contribution in [1.82, 2.24) is 14.5 Å². The number of imidazole rings is 1. The van der Waals surface area contributed by atoms with E-state index in [1.54, 1.807) is 49.1 Å². The molecule has 0 saturated heterocycles.